The van der Waals surface area contributed by atoms with Crippen molar-refractivity contribution in [2.45, 2.75) is 26.3 Å². The fourth-order valence-electron chi connectivity index (χ4n) is 2.69. The summed E-state index contributed by atoms with van der Waals surface area (Å²) in [6.45, 7) is 6.51. The predicted octanol–water partition coefficient (Wildman–Crippen LogP) is 2.53. The summed E-state index contributed by atoms with van der Waals surface area (Å²) < 4.78 is 0. The van der Waals surface area contributed by atoms with Gasteiger partial charge in [0.05, 0.1) is 5.92 Å². The molecule has 0 aromatic heterocycles. The lowest BCUT2D eigenvalue weighted by Crippen LogP contribution is -2.39. The number of aliphatic carboxylic acids is 1. The second-order valence-electron chi connectivity index (χ2n) is 5.71. The van der Waals surface area contributed by atoms with Crippen LogP contribution >= 0.6 is 11.6 Å². The normalized spacial score (nSPS) is 17.0. The van der Waals surface area contributed by atoms with Gasteiger partial charge in [0, 0.05) is 24.7 Å². The number of hydrogen-bond acceptors (Lipinski definition) is 3. The molecule has 4 nitrogen and oxygen atoms in total. The third kappa shape index (κ3) is 4.99. The third-order valence-electron chi connectivity index (χ3n) is 4.09. The number of hydrogen-bond donors (Lipinski definition) is 2. The smallest absolute Gasteiger partial charge is 0.306 e. The lowest BCUT2D eigenvalue weighted by Gasteiger charge is -2.29. The second-order valence-corrected chi connectivity index (χ2v) is 6.12. The molecule has 0 aliphatic carbocycles. The third-order valence-corrected chi connectivity index (χ3v) is 4.52. The summed E-state index contributed by atoms with van der Waals surface area (Å²) in [5.41, 5.74) is 2.34. The Kier molecular flexibility index (Phi) is 6.03. The van der Waals surface area contributed by atoms with Crippen LogP contribution in [0.4, 0.5) is 0 Å². The first kappa shape index (κ1) is 16.3. The summed E-state index contributed by atoms with van der Waals surface area (Å²) in [5, 5.41) is 13.2. The van der Waals surface area contributed by atoms with Crippen LogP contribution < -0.4 is 5.32 Å². The second kappa shape index (κ2) is 7.78. The van der Waals surface area contributed by atoms with Gasteiger partial charge in [-0.3, -0.25) is 4.79 Å². The van der Waals surface area contributed by atoms with E-state index in [1.54, 1.807) is 0 Å². The van der Waals surface area contributed by atoms with Crippen LogP contribution in [0.5, 0.6) is 0 Å². The molecule has 0 amide bonds. The van der Waals surface area contributed by atoms with Gasteiger partial charge >= 0.3 is 5.97 Å². The molecule has 21 heavy (non-hydrogen) atoms. The minimum absolute atomic E-state index is 0.147. The number of rotatable bonds is 6. The first-order chi connectivity index (χ1) is 10.1. The summed E-state index contributed by atoms with van der Waals surface area (Å²) in [7, 11) is 0. The van der Waals surface area contributed by atoms with Gasteiger partial charge in [0.1, 0.15) is 0 Å². The molecule has 1 heterocycles. The van der Waals surface area contributed by atoms with Crippen LogP contribution in [0.15, 0.2) is 18.2 Å². The number of aryl methyl sites for hydroxylation is 1. The molecule has 0 unspecified atom stereocenters. The van der Waals surface area contributed by atoms with Crippen molar-refractivity contribution in [3.63, 3.8) is 0 Å². The average molecular weight is 311 g/mol. The molecule has 116 valence electrons. The molecule has 1 saturated heterocycles. The van der Waals surface area contributed by atoms with E-state index in [0.717, 1.165) is 56.2 Å². The molecule has 2 N–H and O–H groups in total. The van der Waals surface area contributed by atoms with E-state index in [0.29, 0.717) is 0 Å². The number of carboxylic acid groups (broad SMARTS) is 1. The van der Waals surface area contributed by atoms with Crippen LogP contribution in [-0.4, -0.2) is 42.2 Å². The lowest BCUT2D eigenvalue weighted by atomic mass is 9.97. The van der Waals surface area contributed by atoms with Crippen molar-refractivity contribution < 1.29 is 9.90 Å². The molecular weight excluding hydrogens is 288 g/mol. The molecule has 2 rings (SSSR count). The van der Waals surface area contributed by atoms with Crippen molar-refractivity contribution in [3.8, 4) is 0 Å². The number of likely N-dealkylation sites (tertiary alicyclic amines) is 1. The molecular formula is C16H23ClN2O2. The SMILES string of the molecule is Cc1cc(CNCCN2CCC(C(=O)O)CC2)ccc1Cl. The summed E-state index contributed by atoms with van der Waals surface area (Å²) in [5.74, 6) is -0.794. The van der Waals surface area contributed by atoms with E-state index in [4.69, 9.17) is 16.7 Å². The predicted molar refractivity (Wildman–Crippen MR) is 84.7 cm³/mol. The van der Waals surface area contributed by atoms with E-state index in [2.05, 4.69) is 16.3 Å². The number of nitrogens with one attached hydrogen (secondary N) is 1. The number of nitrogens with zero attached hydrogens (tertiary/aromatic N) is 1. The van der Waals surface area contributed by atoms with Gasteiger partial charge in [0.15, 0.2) is 0 Å². The Balaban J connectivity index is 1.64. The molecule has 1 aromatic rings. The highest BCUT2D eigenvalue weighted by atomic mass is 35.5. The summed E-state index contributed by atoms with van der Waals surface area (Å²) >= 11 is 6.01. The number of piperidine rings is 1. The monoisotopic (exact) mass is 310 g/mol. The maximum absolute atomic E-state index is 10.9. The molecule has 1 fully saturated rings. The molecule has 0 radical (unpaired) electrons. The van der Waals surface area contributed by atoms with E-state index in [1.807, 2.05) is 19.1 Å². The molecule has 5 heteroatoms. The van der Waals surface area contributed by atoms with Gasteiger partial charge in [0.25, 0.3) is 0 Å². The Bertz CT molecular complexity index is 485. The molecule has 1 aromatic carbocycles. The molecule has 0 atom stereocenters. The Morgan fingerprint density at radius 1 is 1.43 bits per heavy atom. The van der Waals surface area contributed by atoms with Gasteiger partial charge in [-0.15, -0.1) is 0 Å². The van der Waals surface area contributed by atoms with Crippen LogP contribution in [0.2, 0.25) is 5.02 Å². The fourth-order valence-corrected chi connectivity index (χ4v) is 2.81. The van der Waals surface area contributed by atoms with Gasteiger partial charge in [-0.05, 0) is 50.0 Å². The Hall–Kier alpha value is -1.10. The van der Waals surface area contributed by atoms with E-state index in [9.17, 15) is 4.79 Å². The van der Waals surface area contributed by atoms with Gasteiger partial charge in [-0.2, -0.15) is 0 Å². The van der Waals surface area contributed by atoms with Gasteiger partial charge < -0.3 is 15.3 Å². The van der Waals surface area contributed by atoms with Crippen molar-refractivity contribution in [1.82, 2.24) is 10.2 Å². The highest BCUT2D eigenvalue weighted by Crippen LogP contribution is 2.17. The molecule has 0 saturated carbocycles. The van der Waals surface area contributed by atoms with Crippen molar-refractivity contribution in [2.24, 2.45) is 5.92 Å². The Morgan fingerprint density at radius 3 is 2.76 bits per heavy atom. The van der Waals surface area contributed by atoms with Gasteiger partial charge in [0.2, 0.25) is 0 Å². The van der Waals surface area contributed by atoms with Crippen LogP contribution in [0, 0.1) is 12.8 Å². The highest BCUT2D eigenvalue weighted by molar-refractivity contribution is 6.31. The van der Waals surface area contributed by atoms with Crippen LogP contribution in [-0.2, 0) is 11.3 Å². The minimum Gasteiger partial charge on any atom is -0.481 e. The average Bonchev–Trinajstić information content (AvgIpc) is 2.47. The van der Waals surface area contributed by atoms with Gasteiger partial charge in [-0.1, -0.05) is 23.7 Å². The van der Waals surface area contributed by atoms with Gasteiger partial charge in [-0.25, -0.2) is 0 Å². The van der Waals surface area contributed by atoms with Crippen molar-refractivity contribution in [1.29, 1.82) is 0 Å². The molecule has 1 aliphatic heterocycles. The van der Waals surface area contributed by atoms with Crippen molar-refractivity contribution in [3.05, 3.63) is 34.3 Å². The molecule has 0 spiro atoms. The first-order valence-electron chi connectivity index (χ1n) is 7.47. The zero-order valence-electron chi connectivity index (χ0n) is 12.4. The van der Waals surface area contributed by atoms with E-state index >= 15 is 0 Å². The van der Waals surface area contributed by atoms with E-state index < -0.39 is 5.97 Å². The largest absolute Gasteiger partial charge is 0.481 e. The number of carboxylic acids is 1. The minimum atomic E-state index is -0.647. The summed E-state index contributed by atoms with van der Waals surface area (Å²) in [6.07, 6.45) is 1.54. The lowest BCUT2D eigenvalue weighted by molar-refractivity contribution is -0.143. The van der Waals surface area contributed by atoms with Crippen LogP contribution in [0.25, 0.3) is 0 Å². The topological polar surface area (TPSA) is 52.6 Å². The number of halogens is 1. The summed E-state index contributed by atoms with van der Waals surface area (Å²) in [6, 6.07) is 6.08. The first-order valence-corrected chi connectivity index (χ1v) is 7.85. The van der Waals surface area contributed by atoms with Crippen LogP contribution in [0.3, 0.4) is 0 Å². The maximum atomic E-state index is 10.9. The van der Waals surface area contributed by atoms with E-state index in [1.165, 1.54) is 5.56 Å². The summed E-state index contributed by atoms with van der Waals surface area (Å²) in [4.78, 5) is 13.2. The quantitative estimate of drug-likeness (QED) is 0.793. The Morgan fingerprint density at radius 2 is 2.14 bits per heavy atom. The van der Waals surface area contributed by atoms with Crippen LogP contribution in [0.1, 0.15) is 24.0 Å². The fraction of sp³-hybridized carbons (Fsp3) is 0.562. The van der Waals surface area contributed by atoms with Crippen molar-refractivity contribution >= 4 is 17.6 Å². The zero-order chi connectivity index (χ0) is 15.2. The Labute approximate surface area is 131 Å². The highest BCUT2D eigenvalue weighted by Gasteiger charge is 2.23. The molecule has 0 bridgehead atoms. The molecule has 1 aliphatic rings. The van der Waals surface area contributed by atoms with E-state index in [-0.39, 0.29) is 5.92 Å². The zero-order valence-corrected chi connectivity index (χ0v) is 13.2. The maximum Gasteiger partial charge on any atom is 0.306 e. The number of carbonyl (C=O) groups is 1. The standard InChI is InChI=1S/C16H23ClN2O2/c1-12-10-13(2-3-15(12)17)11-18-6-9-19-7-4-14(5-8-19)16(20)21/h2-3,10,14,18H,4-9,11H2,1H3,(H,20,21). The van der Waals surface area contributed by atoms with Crippen molar-refractivity contribution in [2.75, 3.05) is 26.2 Å². The number of benzene rings is 1.